The predicted octanol–water partition coefficient (Wildman–Crippen LogP) is 2.72. The minimum atomic E-state index is -4.31. The van der Waals surface area contributed by atoms with Crippen LogP contribution in [0.1, 0.15) is 10.4 Å². The molecule has 1 aromatic heterocycles. The molecule has 2 aromatic carbocycles. The third kappa shape index (κ3) is 3.34. The molecule has 0 aliphatic rings. The summed E-state index contributed by atoms with van der Waals surface area (Å²) in [5.41, 5.74) is 1.21. The van der Waals surface area contributed by atoms with Gasteiger partial charge in [-0.1, -0.05) is 11.6 Å². The molecular formula is C14H10ClN3O4S. The molecule has 3 aromatic rings. The van der Waals surface area contributed by atoms with Crippen molar-refractivity contribution in [2.75, 3.05) is 5.32 Å². The van der Waals surface area contributed by atoms with E-state index in [1.807, 2.05) is 0 Å². The lowest BCUT2D eigenvalue weighted by Gasteiger charge is -2.01. The summed E-state index contributed by atoms with van der Waals surface area (Å²) >= 11 is 5.76. The average molecular weight is 352 g/mol. The summed E-state index contributed by atoms with van der Waals surface area (Å²) in [6, 6.07) is 10.2. The zero-order chi connectivity index (χ0) is 16.6. The third-order valence-corrected chi connectivity index (χ3v) is 4.19. The van der Waals surface area contributed by atoms with Crippen molar-refractivity contribution >= 4 is 44.6 Å². The van der Waals surface area contributed by atoms with Crippen molar-refractivity contribution < 1.29 is 17.8 Å². The summed E-state index contributed by atoms with van der Waals surface area (Å²) in [5, 5.41) is 3.08. The van der Waals surface area contributed by atoms with Gasteiger partial charge in [-0.05, 0) is 42.5 Å². The van der Waals surface area contributed by atoms with Crippen molar-refractivity contribution in [3.63, 3.8) is 0 Å². The van der Waals surface area contributed by atoms with Gasteiger partial charge in [0.15, 0.2) is 0 Å². The van der Waals surface area contributed by atoms with Gasteiger partial charge in [0, 0.05) is 10.6 Å². The van der Waals surface area contributed by atoms with E-state index in [2.05, 4.69) is 15.3 Å². The number of amides is 1. The van der Waals surface area contributed by atoms with E-state index < -0.39 is 16.0 Å². The topological polar surface area (TPSA) is 112 Å². The maximum Gasteiger partial charge on any atom is 0.294 e. The Morgan fingerprint density at radius 1 is 1.17 bits per heavy atom. The van der Waals surface area contributed by atoms with Gasteiger partial charge in [-0.15, -0.1) is 0 Å². The van der Waals surface area contributed by atoms with Gasteiger partial charge in [0.25, 0.3) is 16.0 Å². The smallest absolute Gasteiger partial charge is 0.294 e. The molecule has 118 valence electrons. The molecule has 0 aliphatic carbocycles. The highest BCUT2D eigenvalue weighted by Crippen LogP contribution is 2.19. The molecule has 3 N–H and O–H groups in total. The van der Waals surface area contributed by atoms with Crippen LogP contribution in [0.15, 0.2) is 47.4 Å². The minimum Gasteiger partial charge on any atom is -0.324 e. The predicted molar refractivity (Wildman–Crippen MR) is 85.3 cm³/mol. The molecule has 0 aliphatic heterocycles. The molecular weight excluding hydrogens is 342 g/mol. The number of benzene rings is 2. The number of nitrogens with zero attached hydrogens (tertiary/aromatic N) is 1. The summed E-state index contributed by atoms with van der Waals surface area (Å²) in [5.74, 6) is -0.233. The third-order valence-electron chi connectivity index (χ3n) is 3.09. The van der Waals surface area contributed by atoms with Gasteiger partial charge in [0.05, 0.1) is 15.9 Å². The highest BCUT2D eigenvalue weighted by atomic mass is 35.5. The first kappa shape index (κ1) is 15.5. The fourth-order valence-corrected chi connectivity index (χ4v) is 2.61. The van der Waals surface area contributed by atoms with Crippen molar-refractivity contribution in [1.82, 2.24) is 9.97 Å². The summed E-state index contributed by atoms with van der Waals surface area (Å²) in [7, 11) is -4.31. The van der Waals surface area contributed by atoms with E-state index in [9.17, 15) is 13.2 Å². The Hall–Kier alpha value is -2.42. The first-order valence-electron chi connectivity index (χ1n) is 6.37. The number of H-pyrrole nitrogens is 1. The molecule has 0 bridgehead atoms. The van der Waals surface area contributed by atoms with E-state index in [1.54, 1.807) is 24.3 Å². The maximum atomic E-state index is 12.1. The number of anilines is 1. The van der Waals surface area contributed by atoms with Crippen molar-refractivity contribution in [2.24, 2.45) is 0 Å². The van der Waals surface area contributed by atoms with E-state index in [-0.39, 0.29) is 10.8 Å². The average Bonchev–Trinajstić information content (AvgIpc) is 2.88. The van der Waals surface area contributed by atoms with Gasteiger partial charge in [0.2, 0.25) is 5.95 Å². The Kier molecular flexibility index (Phi) is 3.80. The number of nitrogens with one attached hydrogen (secondary N) is 2. The zero-order valence-corrected chi connectivity index (χ0v) is 13.0. The van der Waals surface area contributed by atoms with Crippen LogP contribution in [-0.2, 0) is 10.1 Å². The second-order valence-corrected chi connectivity index (χ2v) is 6.56. The molecule has 0 spiro atoms. The molecule has 9 heteroatoms. The number of hydrogen-bond donors (Lipinski definition) is 3. The van der Waals surface area contributed by atoms with Gasteiger partial charge in [-0.2, -0.15) is 8.42 Å². The van der Waals surface area contributed by atoms with Crippen molar-refractivity contribution in [2.45, 2.75) is 4.90 Å². The first-order chi connectivity index (χ1) is 10.8. The number of aromatic nitrogens is 2. The minimum absolute atomic E-state index is 0.160. The molecule has 0 radical (unpaired) electrons. The van der Waals surface area contributed by atoms with Gasteiger partial charge in [0.1, 0.15) is 0 Å². The maximum absolute atomic E-state index is 12.1. The molecule has 1 amide bonds. The number of fused-ring (bicyclic) bond motifs is 1. The Balaban J connectivity index is 1.89. The van der Waals surface area contributed by atoms with E-state index in [0.29, 0.717) is 21.6 Å². The first-order valence-corrected chi connectivity index (χ1v) is 8.19. The summed E-state index contributed by atoms with van der Waals surface area (Å²) in [4.78, 5) is 18.7. The molecule has 7 nitrogen and oxygen atoms in total. The number of hydrogen-bond acceptors (Lipinski definition) is 4. The summed E-state index contributed by atoms with van der Waals surface area (Å²) in [6.07, 6.45) is 0. The second kappa shape index (κ2) is 5.65. The van der Waals surface area contributed by atoms with Crippen molar-refractivity contribution in [3.05, 3.63) is 53.1 Å². The van der Waals surface area contributed by atoms with Gasteiger partial charge >= 0.3 is 0 Å². The fourth-order valence-electron chi connectivity index (χ4n) is 1.99. The van der Waals surface area contributed by atoms with Crippen LogP contribution in [-0.4, -0.2) is 28.8 Å². The van der Waals surface area contributed by atoms with E-state index in [1.165, 1.54) is 18.2 Å². The van der Waals surface area contributed by atoms with Crippen LogP contribution in [0.2, 0.25) is 5.02 Å². The molecule has 0 atom stereocenters. The lowest BCUT2D eigenvalue weighted by molar-refractivity contribution is 0.102. The fraction of sp³-hybridized carbons (Fsp3) is 0. The van der Waals surface area contributed by atoms with Crippen LogP contribution < -0.4 is 5.32 Å². The molecule has 0 unspecified atom stereocenters. The summed E-state index contributed by atoms with van der Waals surface area (Å²) < 4.78 is 31.2. The molecule has 23 heavy (non-hydrogen) atoms. The Morgan fingerprint density at radius 2 is 1.87 bits per heavy atom. The van der Waals surface area contributed by atoms with Gasteiger partial charge in [-0.25, -0.2) is 4.98 Å². The van der Waals surface area contributed by atoms with Crippen molar-refractivity contribution in [3.8, 4) is 0 Å². The zero-order valence-electron chi connectivity index (χ0n) is 11.4. The number of aromatic amines is 1. The van der Waals surface area contributed by atoms with Crippen LogP contribution in [0.25, 0.3) is 11.0 Å². The second-order valence-electron chi connectivity index (χ2n) is 4.70. The standard InChI is InChI=1S/C14H10ClN3O4S/c15-9-3-1-8(2-4-9)13(19)18-14-16-11-6-5-10(23(20,21)22)7-12(11)17-14/h1-7H,(H,20,21,22)(H2,16,17,18,19). The lowest BCUT2D eigenvalue weighted by atomic mass is 10.2. The van der Waals surface area contributed by atoms with Crippen LogP contribution in [0.5, 0.6) is 0 Å². The largest absolute Gasteiger partial charge is 0.324 e. The van der Waals surface area contributed by atoms with Gasteiger partial charge < -0.3 is 4.98 Å². The van der Waals surface area contributed by atoms with E-state index >= 15 is 0 Å². The number of rotatable bonds is 3. The van der Waals surface area contributed by atoms with E-state index in [0.717, 1.165) is 0 Å². The van der Waals surface area contributed by atoms with Gasteiger partial charge in [-0.3, -0.25) is 14.7 Å². The Labute approximate surface area is 136 Å². The number of halogens is 1. The van der Waals surface area contributed by atoms with Crippen LogP contribution in [0, 0.1) is 0 Å². The number of imidazole rings is 1. The van der Waals surface area contributed by atoms with Crippen LogP contribution >= 0.6 is 11.6 Å². The highest BCUT2D eigenvalue weighted by Gasteiger charge is 2.13. The molecule has 0 saturated carbocycles. The Morgan fingerprint density at radius 3 is 2.52 bits per heavy atom. The monoisotopic (exact) mass is 351 g/mol. The SMILES string of the molecule is O=C(Nc1nc2cc(S(=O)(=O)O)ccc2[nH]1)c1ccc(Cl)cc1. The number of carbonyl (C=O) groups is 1. The highest BCUT2D eigenvalue weighted by molar-refractivity contribution is 7.85. The Bertz CT molecular complexity index is 997. The molecule has 0 saturated heterocycles. The lowest BCUT2D eigenvalue weighted by Crippen LogP contribution is -2.12. The normalized spacial score (nSPS) is 11.6. The van der Waals surface area contributed by atoms with Crippen LogP contribution in [0.3, 0.4) is 0 Å². The summed E-state index contributed by atoms with van der Waals surface area (Å²) in [6.45, 7) is 0. The number of carbonyl (C=O) groups excluding carboxylic acids is 1. The molecule has 3 rings (SSSR count). The van der Waals surface area contributed by atoms with E-state index in [4.69, 9.17) is 16.2 Å². The molecule has 1 heterocycles. The van der Waals surface area contributed by atoms with Crippen LogP contribution in [0.4, 0.5) is 5.95 Å². The molecule has 0 fully saturated rings. The van der Waals surface area contributed by atoms with Crippen molar-refractivity contribution in [1.29, 1.82) is 0 Å². The quantitative estimate of drug-likeness (QED) is 0.628.